The van der Waals surface area contributed by atoms with Crippen LogP contribution in [-0.4, -0.2) is 9.78 Å². The molecule has 0 atom stereocenters. The number of alkyl halides is 1. The smallest absolute Gasteiger partial charge is 0.0835 e. The molecular formula is C10H8BrClN2. The Bertz CT molecular complexity index is 439. The van der Waals surface area contributed by atoms with E-state index in [9.17, 15) is 0 Å². The van der Waals surface area contributed by atoms with Crippen molar-refractivity contribution < 1.29 is 0 Å². The molecule has 2 nitrogen and oxygen atoms in total. The molecule has 0 saturated carbocycles. The summed E-state index contributed by atoms with van der Waals surface area (Å²) in [4.78, 5) is 0. The molecule has 0 radical (unpaired) electrons. The van der Waals surface area contributed by atoms with Crippen molar-refractivity contribution in [3.63, 3.8) is 0 Å². The van der Waals surface area contributed by atoms with Gasteiger partial charge in [-0.3, -0.25) is 0 Å². The van der Waals surface area contributed by atoms with Crippen LogP contribution in [-0.2, 0) is 5.33 Å². The fraction of sp³-hybridized carbons (Fsp3) is 0.100. The zero-order valence-corrected chi connectivity index (χ0v) is 9.66. The van der Waals surface area contributed by atoms with Gasteiger partial charge in [-0.1, -0.05) is 39.7 Å². The third-order valence-corrected chi connectivity index (χ3v) is 2.83. The van der Waals surface area contributed by atoms with Crippen LogP contribution >= 0.6 is 27.5 Å². The summed E-state index contributed by atoms with van der Waals surface area (Å²) in [6.45, 7) is 0. The third kappa shape index (κ3) is 1.70. The molecule has 0 N–H and O–H groups in total. The van der Waals surface area contributed by atoms with Crippen molar-refractivity contribution in [2.45, 2.75) is 5.33 Å². The Morgan fingerprint density at radius 2 is 2.07 bits per heavy atom. The molecule has 2 rings (SSSR count). The SMILES string of the molecule is Clc1ccccc1-n1nccc1CBr. The second-order valence-corrected chi connectivity index (χ2v) is 3.79. The molecule has 1 aromatic carbocycles. The van der Waals surface area contributed by atoms with E-state index in [1.165, 1.54) is 0 Å². The van der Waals surface area contributed by atoms with E-state index in [-0.39, 0.29) is 0 Å². The van der Waals surface area contributed by atoms with Crippen molar-refractivity contribution in [2.75, 3.05) is 0 Å². The fourth-order valence-corrected chi connectivity index (χ4v) is 1.91. The Morgan fingerprint density at radius 3 is 2.79 bits per heavy atom. The number of benzene rings is 1. The molecule has 0 aliphatic carbocycles. The van der Waals surface area contributed by atoms with E-state index in [0.717, 1.165) is 16.7 Å². The number of aromatic nitrogens is 2. The molecule has 14 heavy (non-hydrogen) atoms. The van der Waals surface area contributed by atoms with E-state index >= 15 is 0 Å². The van der Waals surface area contributed by atoms with Gasteiger partial charge in [-0.25, -0.2) is 4.68 Å². The molecule has 0 saturated heterocycles. The molecule has 0 unspecified atom stereocenters. The molecule has 0 aliphatic heterocycles. The Balaban J connectivity index is 2.54. The predicted octanol–water partition coefficient (Wildman–Crippen LogP) is 3.42. The second-order valence-electron chi connectivity index (χ2n) is 2.82. The van der Waals surface area contributed by atoms with Crippen molar-refractivity contribution in [3.8, 4) is 5.69 Å². The first-order chi connectivity index (χ1) is 6.83. The van der Waals surface area contributed by atoms with Gasteiger partial charge >= 0.3 is 0 Å². The van der Waals surface area contributed by atoms with Crippen LogP contribution in [0.15, 0.2) is 36.5 Å². The average molecular weight is 272 g/mol. The lowest BCUT2D eigenvalue weighted by Crippen LogP contribution is -2.00. The second kappa shape index (κ2) is 4.15. The Hall–Kier alpha value is -0.800. The first-order valence-electron chi connectivity index (χ1n) is 4.16. The molecule has 0 fully saturated rings. The highest BCUT2D eigenvalue weighted by molar-refractivity contribution is 9.08. The maximum absolute atomic E-state index is 6.07. The molecule has 0 bridgehead atoms. The molecule has 0 amide bonds. The number of nitrogens with zero attached hydrogens (tertiary/aromatic N) is 2. The molecule has 0 aliphatic rings. The Kier molecular flexibility index (Phi) is 2.89. The largest absolute Gasteiger partial charge is 0.235 e. The zero-order chi connectivity index (χ0) is 9.97. The van der Waals surface area contributed by atoms with Crippen molar-refractivity contribution >= 4 is 27.5 Å². The summed E-state index contributed by atoms with van der Waals surface area (Å²) in [6, 6.07) is 9.61. The average Bonchev–Trinajstić information content (AvgIpc) is 2.66. The van der Waals surface area contributed by atoms with Crippen LogP contribution in [0.5, 0.6) is 0 Å². The summed E-state index contributed by atoms with van der Waals surface area (Å²) in [6.07, 6.45) is 1.76. The maximum Gasteiger partial charge on any atom is 0.0835 e. The summed E-state index contributed by atoms with van der Waals surface area (Å²) >= 11 is 9.47. The van der Waals surface area contributed by atoms with E-state index in [2.05, 4.69) is 21.0 Å². The van der Waals surface area contributed by atoms with E-state index in [1.807, 2.05) is 35.0 Å². The fourth-order valence-electron chi connectivity index (χ4n) is 1.27. The number of hydrogen-bond donors (Lipinski definition) is 0. The van der Waals surface area contributed by atoms with Gasteiger partial charge in [0.25, 0.3) is 0 Å². The Morgan fingerprint density at radius 1 is 1.29 bits per heavy atom. The minimum Gasteiger partial charge on any atom is -0.235 e. The molecule has 2 aromatic rings. The van der Waals surface area contributed by atoms with Crippen molar-refractivity contribution in [1.82, 2.24) is 9.78 Å². The third-order valence-electron chi connectivity index (χ3n) is 1.94. The summed E-state index contributed by atoms with van der Waals surface area (Å²) in [5.74, 6) is 0. The highest BCUT2D eigenvalue weighted by atomic mass is 79.9. The molecular weight excluding hydrogens is 263 g/mol. The quantitative estimate of drug-likeness (QED) is 0.765. The van der Waals surface area contributed by atoms with Gasteiger partial charge in [0.1, 0.15) is 0 Å². The normalized spacial score (nSPS) is 10.4. The first kappa shape index (κ1) is 9.74. The van der Waals surface area contributed by atoms with Crippen LogP contribution in [0.2, 0.25) is 5.02 Å². The van der Waals surface area contributed by atoms with Gasteiger partial charge in [-0.15, -0.1) is 0 Å². The van der Waals surface area contributed by atoms with Gasteiger partial charge in [-0.2, -0.15) is 5.10 Å². The van der Waals surface area contributed by atoms with Crippen molar-refractivity contribution in [2.24, 2.45) is 0 Å². The number of para-hydroxylation sites is 1. The van der Waals surface area contributed by atoms with Crippen molar-refractivity contribution in [1.29, 1.82) is 0 Å². The summed E-state index contributed by atoms with van der Waals surface area (Å²) in [5.41, 5.74) is 1.99. The van der Waals surface area contributed by atoms with Crippen LogP contribution in [0.1, 0.15) is 5.69 Å². The van der Waals surface area contributed by atoms with Gasteiger partial charge in [0.2, 0.25) is 0 Å². The highest BCUT2D eigenvalue weighted by Gasteiger charge is 2.06. The monoisotopic (exact) mass is 270 g/mol. The van der Waals surface area contributed by atoms with Crippen molar-refractivity contribution in [3.05, 3.63) is 47.2 Å². The van der Waals surface area contributed by atoms with E-state index in [0.29, 0.717) is 5.02 Å². The Labute approximate surface area is 95.6 Å². The standard InChI is InChI=1S/C10H8BrClN2/c11-7-8-5-6-13-14(8)10-4-2-1-3-9(10)12/h1-6H,7H2. The summed E-state index contributed by atoms with van der Waals surface area (Å²) in [7, 11) is 0. The van der Waals surface area contributed by atoms with Gasteiger partial charge in [0.05, 0.1) is 16.4 Å². The molecule has 1 heterocycles. The molecule has 4 heteroatoms. The minimum absolute atomic E-state index is 0.707. The number of halogens is 2. The maximum atomic E-state index is 6.07. The van der Waals surface area contributed by atoms with Gasteiger partial charge < -0.3 is 0 Å². The molecule has 72 valence electrons. The van der Waals surface area contributed by atoms with Crippen LogP contribution < -0.4 is 0 Å². The van der Waals surface area contributed by atoms with Crippen LogP contribution in [0.25, 0.3) is 5.69 Å². The lowest BCUT2D eigenvalue weighted by atomic mass is 10.3. The van der Waals surface area contributed by atoms with E-state index < -0.39 is 0 Å². The molecule has 1 aromatic heterocycles. The van der Waals surface area contributed by atoms with Gasteiger partial charge in [0, 0.05) is 11.5 Å². The zero-order valence-electron chi connectivity index (χ0n) is 7.32. The number of rotatable bonds is 2. The van der Waals surface area contributed by atoms with Crippen LogP contribution in [0.3, 0.4) is 0 Å². The highest BCUT2D eigenvalue weighted by Crippen LogP contribution is 2.21. The minimum atomic E-state index is 0.707. The lowest BCUT2D eigenvalue weighted by Gasteiger charge is -2.06. The topological polar surface area (TPSA) is 17.8 Å². The molecule has 0 spiro atoms. The van der Waals surface area contributed by atoms with E-state index in [4.69, 9.17) is 11.6 Å². The summed E-state index contributed by atoms with van der Waals surface area (Å²) < 4.78 is 1.83. The van der Waals surface area contributed by atoms with Gasteiger partial charge in [0.15, 0.2) is 0 Å². The summed E-state index contributed by atoms with van der Waals surface area (Å²) in [5, 5.41) is 5.69. The lowest BCUT2D eigenvalue weighted by molar-refractivity contribution is 0.844. The van der Waals surface area contributed by atoms with Crippen LogP contribution in [0.4, 0.5) is 0 Å². The first-order valence-corrected chi connectivity index (χ1v) is 5.66. The predicted molar refractivity (Wildman–Crippen MR) is 61.2 cm³/mol. The van der Waals surface area contributed by atoms with Gasteiger partial charge in [-0.05, 0) is 18.2 Å². The van der Waals surface area contributed by atoms with E-state index in [1.54, 1.807) is 6.20 Å². The number of hydrogen-bond acceptors (Lipinski definition) is 1. The van der Waals surface area contributed by atoms with Crippen LogP contribution in [0, 0.1) is 0 Å².